The minimum atomic E-state index is -0.0672. The number of amides is 2. The maximum absolute atomic E-state index is 13.0. The van der Waals surface area contributed by atoms with Crippen molar-refractivity contribution in [3.63, 3.8) is 0 Å². The summed E-state index contributed by atoms with van der Waals surface area (Å²) in [6.45, 7) is 4.46. The predicted octanol–water partition coefficient (Wildman–Crippen LogP) is 3.32. The van der Waals surface area contributed by atoms with Crippen molar-refractivity contribution in [1.82, 2.24) is 15.5 Å². The minimum Gasteiger partial charge on any atom is -0.355 e. The molecule has 5 nitrogen and oxygen atoms in total. The Bertz CT molecular complexity index is 797. The Morgan fingerprint density at radius 3 is 2.28 bits per heavy atom. The van der Waals surface area contributed by atoms with Gasteiger partial charge in [0.05, 0.1) is 5.92 Å². The number of rotatable bonds is 7. The van der Waals surface area contributed by atoms with Crippen LogP contribution in [0.1, 0.15) is 53.6 Å². The normalized spacial score (nSPS) is 15.7. The molecule has 154 valence electrons. The van der Waals surface area contributed by atoms with Crippen molar-refractivity contribution < 1.29 is 9.59 Å². The lowest BCUT2D eigenvalue weighted by Crippen LogP contribution is -2.46. The molecule has 2 amide bonds. The molecule has 1 heterocycles. The van der Waals surface area contributed by atoms with Crippen LogP contribution in [-0.2, 0) is 11.3 Å². The van der Waals surface area contributed by atoms with E-state index in [1.54, 1.807) is 7.05 Å². The smallest absolute Gasteiger partial charge is 0.251 e. The third-order valence-corrected chi connectivity index (χ3v) is 5.75. The van der Waals surface area contributed by atoms with Crippen LogP contribution in [0.3, 0.4) is 0 Å². The monoisotopic (exact) mass is 393 g/mol. The third kappa shape index (κ3) is 5.45. The van der Waals surface area contributed by atoms with Crippen LogP contribution in [0.2, 0.25) is 0 Å². The van der Waals surface area contributed by atoms with E-state index in [1.807, 2.05) is 47.4 Å². The average Bonchev–Trinajstić information content (AvgIpc) is 2.79. The summed E-state index contributed by atoms with van der Waals surface area (Å²) in [6.07, 6.45) is 2.76. The molecule has 2 aromatic rings. The maximum atomic E-state index is 13.0. The second-order valence-electron chi connectivity index (χ2n) is 7.63. The van der Waals surface area contributed by atoms with Crippen molar-refractivity contribution >= 4 is 11.8 Å². The fourth-order valence-corrected chi connectivity index (χ4v) is 3.94. The molecule has 1 atom stereocenters. The van der Waals surface area contributed by atoms with E-state index in [1.165, 1.54) is 0 Å². The summed E-state index contributed by atoms with van der Waals surface area (Å²) in [5.41, 5.74) is 2.94. The van der Waals surface area contributed by atoms with Gasteiger partial charge in [-0.2, -0.15) is 0 Å². The van der Waals surface area contributed by atoms with Gasteiger partial charge in [-0.1, -0.05) is 49.4 Å². The summed E-state index contributed by atoms with van der Waals surface area (Å²) in [5.74, 6) is 0.143. The Morgan fingerprint density at radius 1 is 1.03 bits per heavy atom. The molecule has 2 N–H and O–H groups in total. The summed E-state index contributed by atoms with van der Waals surface area (Å²) in [7, 11) is 1.64. The van der Waals surface area contributed by atoms with Crippen molar-refractivity contribution in [1.29, 1.82) is 0 Å². The Balaban J connectivity index is 1.47. The first-order valence-corrected chi connectivity index (χ1v) is 10.5. The Labute approximate surface area is 173 Å². The molecule has 0 aliphatic carbocycles. The molecule has 1 aliphatic rings. The van der Waals surface area contributed by atoms with Gasteiger partial charge in [0, 0.05) is 38.3 Å². The molecule has 3 rings (SSSR count). The van der Waals surface area contributed by atoms with Gasteiger partial charge in [0.25, 0.3) is 5.91 Å². The number of hydrogen-bond acceptors (Lipinski definition) is 3. The molecule has 0 bridgehead atoms. The molecule has 1 fully saturated rings. The first-order chi connectivity index (χ1) is 14.1. The number of carbonyl (C=O) groups excluding carboxylic acids is 2. The van der Waals surface area contributed by atoms with Crippen LogP contribution in [-0.4, -0.2) is 42.9 Å². The average molecular weight is 394 g/mol. The summed E-state index contributed by atoms with van der Waals surface area (Å²) in [6, 6.07) is 18.2. The van der Waals surface area contributed by atoms with Gasteiger partial charge in [0.2, 0.25) is 5.91 Å². The Morgan fingerprint density at radius 2 is 1.69 bits per heavy atom. The van der Waals surface area contributed by atoms with Crippen molar-refractivity contribution in [2.75, 3.05) is 20.1 Å². The Kier molecular flexibility index (Phi) is 7.42. The zero-order chi connectivity index (χ0) is 20.6. The molecule has 1 saturated heterocycles. The van der Waals surface area contributed by atoms with Crippen LogP contribution in [0, 0.1) is 0 Å². The topological polar surface area (TPSA) is 61.4 Å². The zero-order valence-corrected chi connectivity index (χ0v) is 17.4. The molecule has 5 heteroatoms. The number of piperidine rings is 1. The molecular weight excluding hydrogens is 362 g/mol. The van der Waals surface area contributed by atoms with Gasteiger partial charge in [-0.3, -0.25) is 9.59 Å². The number of benzene rings is 2. The molecule has 0 spiro atoms. The first-order valence-electron chi connectivity index (χ1n) is 10.5. The highest BCUT2D eigenvalue weighted by atomic mass is 16.2. The van der Waals surface area contributed by atoms with Crippen molar-refractivity contribution in [3.05, 3.63) is 71.3 Å². The van der Waals surface area contributed by atoms with Crippen LogP contribution in [0.4, 0.5) is 0 Å². The molecular formula is C24H31N3O2. The van der Waals surface area contributed by atoms with Crippen LogP contribution in [0.15, 0.2) is 54.6 Å². The largest absolute Gasteiger partial charge is 0.355 e. The van der Waals surface area contributed by atoms with Gasteiger partial charge in [-0.15, -0.1) is 0 Å². The number of carbonyl (C=O) groups is 2. The number of hydrogen-bond donors (Lipinski definition) is 2. The lowest BCUT2D eigenvalue weighted by atomic mass is 9.93. The summed E-state index contributed by atoms with van der Waals surface area (Å²) in [4.78, 5) is 26.6. The van der Waals surface area contributed by atoms with E-state index in [0.717, 1.165) is 50.0 Å². The van der Waals surface area contributed by atoms with E-state index in [0.29, 0.717) is 11.6 Å². The molecule has 0 saturated carbocycles. The summed E-state index contributed by atoms with van der Waals surface area (Å²) < 4.78 is 0. The quantitative estimate of drug-likeness (QED) is 0.759. The number of nitrogens with one attached hydrogen (secondary N) is 2. The fourth-order valence-electron chi connectivity index (χ4n) is 3.94. The summed E-state index contributed by atoms with van der Waals surface area (Å²) in [5, 5.41) is 6.23. The van der Waals surface area contributed by atoms with Gasteiger partial charge in [0.15, 0.2) is 0 Å². The van der Waals surface area contributed by atoms with E-state index in [-0.39, 0.29) is 17.7 Å². The second kappa shape index (κ2) is 10.2. The SMILES string of the molecule is CCC(C(=O)N1CCC(NCc2ccc(C(=O)NC)cc2)CC1)c1ccccc1. The van der Waals surface area contributed by atoms with E-state index in [9.17, 15) is 9.59 Å². The van der Waals surface area contributed by atoms with Gasteiger partial charge < -0.3 is 15.5 Å². The first kappa shape index (κ1) is 21.1. The van der Waals surface area contributed by atoms with E-state index in [2.05, 4.69) is 29.7 Å². The highest BCUT2D eigenvalue weighted by Gasteiger charge is 2.28. The minimum absolute atomic E-state index is 0.0421. The lowest BCUT2D eigenvalue weighted by molar-refractivity contribution is -0.134. The van der Waals surface area contributed by atoms with Gasteiger partial charge in [-0.25, -0.2) is 0 Å². The van der Waals surface area contributed by atoms with Crippen LogP contribution in [0.5, 0.6) is 0 Å². The van der Waals surface area contributed by atoms with Crippen molar-refractivity contribution in [2.45, 2.75) is 44.7 Å². The molecule has 29 heavy (non-hydrogen) atoms. The number of likely N-dealkylation sites (tertiary alicyclic amines) is 1. The van der Waals surface area contributed by atoms with Crippen molar-refractivity contribution in [3.8, 4) is 0 Å². The highest BCUT2D eigenvalue weighted by molar-refractivity contribution is 5.93. The fraction of sp³-hybridized carbons (Fsp3) is 0.417. The van der Waals surface area contributed by atoms with E-state index in [4.69, 9.17) is 0 Å². The standard InChI is InChI=1S/C24H31N3O2/c1-3-22(19-7-5-4-6-8-19)24(29)27-15-13-21(14-16-27)26-17-18-9-11-20(12-10-18)23(28)25-2/h4-12,21-22,26H,3,13-17H2,1-2H3,(H,25,28). The zero-order valence-electron chi connectivity index (χ0n) is 17.4. The van der Waals surface area contributed by atoms with Gasteiger partial charge >= 0.3 is 0 Å². The lowest BCUT2D eigenvalue weighted by Gasteiger charge is -2.34. The predicted molar refractivity (Wildman–Crippen MR) is 116 cm³/mol. The molecule has 1 unspecified atom stereocenters. The maximum Gasteiger partial charge on any atom is 0.251 e. The van der Waals surface area contributed by atoms with Crippen molar-refractivity contribution in [2.24, 2.45) is 0 Å². The molecule has 0 aromatic heterocycles. The van der Waals surface area contributed by atoms with E-state index >= 15 is 0 Å². The molecule has 2 aromatic carbocycles. The Hall–Kier alpha value is -2.66. The molecule has 1 aliphatic heterocycles. The second-order valence-corrected chi connectivity index (χ2v) is 7.63. The van der Waals surface area contributed by atoms with E-state index < -0.39 is 0 Å². The van der Waals surface area contributed by atoms with Gasteiger partial charge in [-0.05, 0) is 42.5 Å². The summed E-state index contributed by atoms with van der Waals surface area (Å²) >= 11 is 0. The van der Waals surface area contributed by atoms with Crippen LogP contribution < -0.4 is 10.6 Å². The third-order valence-electron chi connectivity index (χ3n) is 5.75. The van der Waals surface area contributed by atoms with Crippen LogP contribution in [0.25, 0.3) is 0 Å². The highest BCUT2D eigenvalue weighted by Crippen LogP contribution is 2.24. The number of nitrogens with zero attached hydrogens (tertiary/aromatic N) is 1. The van der Waals surface area contributed by atoms with Crippen LogP contribution >= 0.6 is 0 Å². The molecule has 0 radical (unpaired) electrons. The van der Waals surface area contributed by atoms with Gasteiger partial charge in [0.1, 0.15) is 0 Å².